The number of hydrogen-bond donors (Lipinski definition) is 1. The highest BCUT2D eigenvalue weighted by Crippen LogP contribution is 2.25. The molecular weight excluding hydrogens is 276 g/mol. The van der Waals surface area contributed by atoms with Crippen molar-refractivity contribution in [2.24, 2.45) is 5.10 Å². The lowest BCUT2D eigenvalue weighted by atomic mass is 9.90. The molecule has 0 atom stereocenters. The van der Waals surface area contributed by atoms with Crippen molar-refractivity contribution < 1.29 is 9.53 Å². The van der Waals surface area contributed by atoms with Crippen LogP contribution in [0.1, 0.15) is 34.3 Å². The van der Waals surface area contributed by atoms with Crippen LogP contribution in [0.4, 0.5) is 0 Å². The van der Waals surface area contributed by atoms with Gasteiger partial charge in [0.1, 0.15) is 5.75 Å². The van der Waals surface area contributed by atoms with Crippen molar-refractivity contribution in [3.8, 4) is 5.75 Å². The summed E-state index contributed by atoms with van der Waals surface area (Å²) in [5.74, 6) is 0.669. The summed E-state index contributed by atoms with van der Waals surface area (Å²) in [4.78, 5) is 12.1. The third-order valence-corrected chi connectivity index (χ3v) is 3.81. The number of fused-ring (bicyclic) bond motifs is 1. The molecule has 4 nitrogen and oxygen atoms in total. The number of rotatable bonds is 3. The summed E-state index contributed by atoms with van der Waals surface area (Å²) in [7, 11) is 1.67. The Morgan fingerprint density at radius 2 is 1.95 bits per heavy atom. The lowest BCUT2D eigenvalue weighted by Gasteiger charge is -2.18. The normalized spacial score (nSPS) is 15.2. The number of ether oxygens (including phenoxy) is 1. The molecule has 112 valence electrons. The molecule has 22 heavy (non-hydrogen) atoms. The number of benzene rings is 2. The first kappa shape index (κ1) is 14.3. The third-order valence-electron chi connectivity index (χ3n) is 3.81. The molecule has 3 rings (SSSR count). The van der Waals surface area contributed by atoms with Crippen LogP contribution in [0.15, 0.2) is 53.6 Å². The van der Waals surface area contributed by atoms with Gasteiger partial charge < -0.3 is 4.74 Å². The van der Waals surface area contributed by atoms with Gasteiger partial charge in [0.05, 0.1) is 12.8 Å². The lowest BCUT2D eigenvalue weighted by Crippen LogP contribution is -2.22. The number of aryl methyl sites for hydroxylation is 1. The van der Waals surface area contributed by atoms with Crippen LogP contribution in [0.25, 0.3) is 0 Å². The van der Waals surface area contributed by atoms with E-state index in [0.717, 1.165) is 36.3 Å². The van der Waals surface area contributed by atoms with Crippen molar-refractivity contribution >= 4 is 11.6 Å². The van der Waals surface area contributed by atoms with Gasteiger partial charge in [0, 0.05) is 11.1 Å². The maximum Gasteiger partial charge on any atom is 0.271 e. The topological polar surface area (TPSA) is 50.7 Å². The van der Waals surface area contributed by atoms with Gasteiger partial charge in [-0.25, -0.2) is 5.43 Å². The molecule has 1 N–H and O–H groups in total. The Balaban J connectivity index is 1.80. The van der Waals surface area contributed by atoms with Gasteiger partial charge in [-0.3, -0.25) is 4.79 Å². The molecule has 0 fully saturated rings. The molecule has 0 spiro atoms. The summed E-state index contributed by atoms with van der Waals surface area (Å²) in [6.07, 6.45) is 2.91. The standard InChI is InChI=1S/C18H18N2O2/c1-22-15-10-11-16-14(12-15)8-5-9-17(16)19-20-18(21)13-6-3-2-4-7-13/h2-4,6-7,10-12H,5,8-9H2,1H3,(H,20,21). The van der Waals surface area contributed by atoms with E-state index in [2.05, 4.69) is 10.5 Å². The highest BCUT2D eigenvalue weighted by atomic mass is 16.5. The summed E-state index contributed by atoms with van der Waals surface area (Å²) in [5, 5.41) is 4.33. The minimum Gasteiger partial charge on any atom is -0.497 e. The molecule has 0 saturated heterocycles. The minimum absolute atomic E-state index is 0.186. The molecule has 2 aromatic carbocycles. The van der Waals surface area contributed by atoms with E-state index in [9.17, 15) is 4.79 Å². The number of carbonyl (C=O) groups excluding carboxylic acids is 1. The maximum absolute atomic E-state index is 12.1. The summed E-state index contributed by atoms with van der Waals surface area (Å²) in [6, 6.07) is 15.1. The van der Waals surface area contributed by atoms with Crippen molar-refractivity contribution in [3.63, 3.8) is 0 Å². The van der Waals surface area contributed by atoms with Crippen LogP contribution in [0.5, 0.6) is 5.75 Å². The first-order valence-corrected chi connectivity index (χ1v) is 7.37. The SMILES string of the molecule is COc1ccc2c(c1)CCCC2=NNC(=O)c1ccccc1. The van der Waals surface area contributed by atoms with Crippen molar-refractivity contribution in [3.05, 3.63) is 65.2 Å². The fourth-order valence-corrected chi connectivity index (χ4v) is 2.65. The van der Waals surface area contributed by atoms with Crippen molar-refractivity contribution in [1.29, 1.82) is 0 Å². The summed E-state index contributed by atoms with van der Waals surface area (Å²) in [6.45, 7) is 0. The molecule has 0 aromatic heterocycles. The highest BCUT2D eigenvalue weighted by Gasteiger charge is 2.16. The predicted octanol–water partition coefficient (Wildman–Crippen LogP) is 3.17. The molecule has 0 aliphatic heterocycles. The van der Waals surface area contributed by atoms with Crippen LogP contribution in [-0.2, 0) is 6.42 Å². The van der Waals surface area contributed by atoms with Crippen LogP contribution < -0.4 is 10.2 Å². The van der Waals surface area contributed by atoms with E-state index in [1.807, 2.05) is 36.4 Å². The lowest BCUT2D eigenvalue weighted by molar-refractivity contribution is 0.0954. The molecule has 2 aromatic rings. The van der Waals surface area contributed by atoms with Crippen molar-refractivity contribution in [2.45, 2.75) is 19.3 Å². The number of hydrazone groups is 1. The minimum atomic E-state index is -0.186. The van der Waals surface area contributed by atoms with E-state index in [1.165, 1.54) is 5.56 Å². The van der Waals surface area contributed by atoms with E-state index in [4.69, 9.17) is 4.74 Å². The average Bonchev–Trinajstić information content (AvgIpc) is 2.59. The van der Waals surface area contributed by atoms with E-state index < -0.39 is 0 Å². The molecular formula is C18H18N2O2. The van der Waals surface area contributed by atoms with Crippen LogP contribution in [0, 0.1) is 0 Å². The number of nitrogens with one attached hydrogen (secondary N) is 1. The Morgan fingerprint density at radius 1 is 1.14 bits per heavy atom. The summed E-state index contributed by atoms with van der Waals surface area (Å²) in [5.41, 5.74) is 6.51. The Labute approximate surface area is 129 Å². The van der Waals surface area contributed by atoms with E-state index in [0.29, 0.717) is 5.56 Å². The Hall–Kier alpha value is -2.62. The third kappa shape index (κ3) is 3.01. The zero-order chi connectivity index (χ0) is 15.4. The van der Waals surface area contributed by atoms with E-state index >= 15 is 0 Å². The zero-order valence-corrected chi connectivity index (χ0v) is 12.5. The fraction of sp³-hybridized carbons (Fsp3) is 0.222. The second-order valence-electron chi connectivity index (χ2n) is 5.24. The fourth-order valence-electron chi connectivity index (χ4n) is 2.65. The largest absolute Gasteiger partial charge is 0.497 e. The molecule has 1 amide bonds. The van der Waals surface area contributed by atoms with Gasteiger partial charge in [-0.05, 0) is 55.2 Å². The van der Waals surface area contributed by atoms with Crippen LogP contribution in [0.3, 0.4) is 0 Å². The molecule has 0 heterocycles. The Kier molecular flexibility index (Phi) is 4.19. The molecule has 1 aliphatic carbocycles. The second-order valence-corrected chi connectivity index (χ2v) is 5.24. The van der Waals surface area contributed by atoms with Gasteiger partial charge >= 0.3 is 0 Å². The molecule has 0 bridgehead atoms. The van der Waals surface area contributed by atoms with Crippen LogP contribution in [-0.4, -0.2) is 18.7 Å². The molecule has 0 radical (unpaired) electrons. The van der Waals surface area contributed by atoms with Gasteiger partial charge in [-0.1, -0.05) is 18.2 Å². The summed E-state index contributed by atoms with van der Waals surface area (Å²) < 4.78 is 5.26. The van der Waals surface area contributed by atoms with E-state index in [1.54, 1.807) is 19.2 Å². The number of nitrogens with zero attached hydrogens (tertiary/aromatic N) is 1. The van der Waals surface area contributed by atoms with Gasteiger partial charge in [0.25, 0.3) is 5.91 Å². The number of carbonyl (C=O) groups is 1. The van der Waals surface area contributed by atoms with Crippen molar-refractivity contribution in [1.82, 2.24) is 5.43 Å². The zero-order valence-electron chi connectivity index (χ0n) is 12.5. The van der Waals surface area contributed by atoms with Crippen LogP contribution >= 0.6 is 0 Å². The predicted molar refractivity (Wildman–Crippen MR) is 86.4 cm³/mol. The first-order valence-electron chi connectivity index (χ1n) is 7.37. The smallest absolute Gasteiger partial charge is 0.271 e. The van der Waals surface area contributed by atoms with E-state index in [-0.39, 0.29) is 5.91 Å². The Morgan fingerprint density at radius 3 is 2.73 bits per heavy atom. The maximum atomic E-state index is 12.1. The number of amides is 1. The van der Waals surface area contributed by atoms with Gasteiger partial charge in [-0.2, -0.15) is 5.10 Å². The average molecular weight is 294 g/mol. The molecule has 1 aliphatic rings. The quantitative estimate of drug-likeness (QED) is 0.884. The number of methoxy groups -OCH3 is 1. The molecule has 0 saturated carbocycles. The molecule has 0 unspecified atom stereocenters. The van der Waals surface area contributed by atoms with Crippen LogP contribution in [0.2, 0.25) is 0 Å². The van der Waals surface area contributed by atoms with Gasteiger partial charge in [0.2, 0.25) is 0 Å². The monoisotopic (exact) mass is 294 g/mol. The molecule has 4 heteroatoms. The van der Waals surface area contributed by atoms with Gasteiger partial charge in [0.15, 0.2) is 0 Å². The number of hydrogen-bond acceptors (Lipinski definition) is 3. The second kappa shape index (κ2) is 6.43. The van der Waals surface area contributed by atoms with Crippen molar-refractivity contribution in [2.75, 3.05) is 7.11 Å². The summed E-state index contributed by atoms with van der Waals surface area (Å²) >= 11 is 0. The van der Waals surface area contributed by atoms with Gasteiger partial charge in [-0.15, -0.1) is 0 Å². The first-order chi connectivity index (χ1) is 10.8. The highest BCUT2D eigenvalue weighted by molar-refractivity contribution is 6.04. The Bertz CT molecular complexity index is 708.